The summed E-state index contributed by atoms with van der Waals surface area (Å²) in [6, 6.07) is 23.4. The van der Waals surface area contributed by atoms with Gasteiger partial charge in [-0.1, -0.05) is 36.4 Å². The van der Waals surface area contributed by atoms with Crippen molar-refractivity contribution in [2.24, 2.45) is 0 Å². The first-order valence-corrected chi connectivity index (χ1v) is 12.1. The molecule has 6 heteroatoms. The topological polar surface area (TPSA) is 63.2 Å². The van der Waals surface area contributed by atoms with E-state index in [2.05, 4.69) is 27.0 Å². The molecule has 0 unspecified atom stereocenters. The SMILES string of the molecule is O=C1C(=Cc2ccc(N3c4ncccc4Cc4cccnc43)s2)C(=O)c2cc3ccccc3cc21. The highest BCUT2D eigenvalue weighted by Crippen LogP contribution is 2.44. The lowest BCUT2D eigenvalue weighted by Crippen LogP contribution is -2.20. The van der Waals surface area contributed by atoms with E-state index in [0.29, 0.717) is 11.1 Å². The lowest BCUT2D eigenvalue weighted by Gasteiger charge is -2.29. The maximum atomic E-state index is 13.2. The Balaban J connectivity index is 1.30. The van der Waals surface area contributed by atoms with E-state index in [-0.39, 0.29) is 17.1 Å². The minimum Gasteiger partial charge on any atom is -0.288 e. The Bertz CT molecular complexity index is 1630. The number of aromatic nitrogens is 2. The second-order valence-electron chi connectivity index (χ2n) is 8.62. The molecule has 4 heterocycles. The second-order valence-corrected chi connectivity index (χ2v) is 9.72. The summed E-state index contributed by atoms with van der Waals surface area (Å²) in [5.74, 6) is 1.27. The fourth-order valence-corrected chi connectivity index (χ4v) is 5.83. The molecular formula is C29H17N3O2S. The molecule has 35 heavy (non-hydrogen) atoms. The first-order chi connectivity index (χ1) is 17.2. The maximum Gasteiger partial charge on any atom is 0.197 e. The molecular weight excluding hydrogens is 454 g/mol. The van der Waals surface area contributed by atoms with E-state index in [1.54, 1.807) is 18.5 Å². The van der Waals surface area contributed by atoms with Crippen LogP contribution in [0.5, 0.6) is 0 Å². The van der Waals surface area contributed by atoms with Gasteiger partial charge in [0.25, 0.3) is 0 Å². The van der Waals surface area contributed by atoms with Crippen molar-refractivity contribution in [1.82, 2.24) is 9.97 Å². The van der Waals surface area contributed by atoms with Gasteiger partial charge in [0.1, 0.15) is 16.6 Å². The summed E-state index contributed by atoms with van der Waals surface area (Å²) < 4.78 is 0. The molecule has 0 atom stereocenters. The van der Waals surface area contributed by atoms with Gasteiger partial charge in [-0.15, -0.1) is 11.3 Å². The summed E-state index contributed by atoms with van der Waals surface area (Å²) in [7, 11) is 0. The molecule has 0 radical (unpaired) electrons. The van der Waals surface area contributed by atoms with Gasteiger partial charge >= 0.3 is 0 Å². The third-order valence-corrected chi connectivity index (χ3v) is 7.54. The normalized spacial score (nSPS) is 14.2. The summed E-state index contributed by atoms with van der Waals surface area (Å²) in [6.45, 7) is 0. The lowest BCUT2D eigenvalue weighted by atomic mass is 10.0. The van der Waals surface area contributed by atoms with Crippen molar-refractivity contribution < 1.29 is 9.59 Å². The Hall–Kier alpha value is -4.42. The van der Waals surface area contributed by atoms with E-state index in [0.717, 1.165) is 49.8 Å². The number of anilines is 3. The summed E-state index contributed by atoms with van der Waals surface area (Å²) in [4.78, 5) is 38.5. The van der Waals surface area contributed by atoms with E-state index in [9.17, 15) is 9.59 Å². The minimum atomic E-state index is -0.220. The van der Waals surface area contributed by atoms with Gasteiger partial charge in [0, 0.05) is 34.8 Å². The number of hydrogen-bond donors (Lipinski definition) is 0. The van der Waals surface area contributed by atoms with Crippen molar-refractivity contribution in [2.45, 2.75) is 6.42 Å². The third kappa shape index (κ3) is 3.07. The number of ketones is 2. The van der Waals surface area contributed by atoms with Crippen LogP contribution in [0.4, 0.5) is 16.6 Å². The van der Waals surface area contributed by atoms with Gasteiger partial charge in [-0.25, -0.2) is 9.97 Å². The summed E-state index contributed by atoms with van der Waals surface area (Å²) in [5, 5.41) is 2.83. The standard InChI is InChI=1S/C29H17N3O2S/c33-26-22-14-17-5-1-2-6-18(17)15-23(22)27(34)24(26)16-21-9-10-25(35-21)32-28-19(7-3-11-30-28)13-20-8-4-12-31-29(20)32/h1-12,14-16H,13H2. The zero-order valence-corrected chi connectivity index (χ0v) is 19.3. The number of thiophene rings is 1. The number of carbonyl (C=O) groups is 2. The van der Waals surface area contributed by atoms with Gasteiger partial charge < -0.3 is 0 Å². The number of nitrogens with zero attached hydrogens (tertiary/aromatic N) is 3. The molecule has 0 spiro atoms. The fraction of sp³-hybridized carbons (Fsp3) is 0.0345. The number of Topliss-reactive ketones (excluding diaryl/α,β-unsaturated/α-hetero) is 2. The van der Waals surface area contributed by atoms with Crippen molar-refractivity contribution >= 4 is 56.4 Å². The number of pyridine rings is 2. The Morgan fingerprint density at radius 3 is 1.94 bits per heavy atom. The van der Waals surface area contributed by atoms with Gasteiger partial charge in [-0.05, 0) is 64.4 Å². The Labute approximate surface area is 205 Å². The van der Waals surface area contributed by atoms with Crippen LogP contribution in [-0.2, 0) is 6.42 Å². The first kappa shape index (κ1) is 20.0. The summed E-state index contributed by atoms with van der Waals surface area (Å²) in [6.07, 6.45) is 6.06. The van der Waals surface area contributed by atoms with Gasteiger partial charge in [-0.3, -0.25) is 14.5 Å². The third-order valence-electron chi connectivity index (χ3n) is 6.52. The van der Waals surface area contributed by atoms with Gasteiger partial charge in [0.05, 0.1) is 5.57 Å². The molecule has 5 aromatic rings. The average molecular weight is 472 g/mol. The van der Waals surface area contributed by atoms with Crippen LogP contribution in [0.25, 0.3) is 16.8 Å². The zero-order valence-electron chi connectivity index (χ0n) is 18.4. The smallest absolute Gasteiger partial charge is 0.197 e. The van der Waals surface area contributed by atoms with Crippen LogP contribution in [0, 0.1) is 0 Å². The van der Waals surface area contributed by atoms with Gasteiger partial charge in [-0.2, -0.15) is 0 Å². The molecule has 0 saturated carbocycles. The summed E-state index contributed by atoms with van der Waals surface area (Å²) in [5.41, 5.74) is 3.42. The Morgan fingerprint density at radius 1 is 0.743 bits per heavy atom. The zero-order chi connectivity index (χ0) is 23.5. The predicted octanol–water partition coefficient (Wildman–Crippen LogP) is 6.53. The fourth-order valence-electron chi connectivity index (χ4n) is 4.88. The second kappa shape index (κ2) is 7.55. The van der Waals surface area contributed by atoms with Crippen LogP contribution in [0.1, 0.15) is 36.7 Å². The highest BCUT2D eigenvalue weighted by molar-refractivity contribution is 7.17. The van der Waals surface area contributed by atoms with E-state index in [1.807, 2.05) is 60.7 Å². The van der Waals surface area contributed by atoms with Crippen LogP contribution < -0.4 is 4.90 Å². The van der Waals surface area contributed by atoms with Crippen LogP contribution >= 0.6 is 11.3 Å². The van der Waals surface area contributed by atoms with Crippen LogP contribution in [0.2, 0.25) is 0 Å². The van der Waals surface area contributed by atoms with E-state index < -0.39 is 0 Å². The van der Waals surface area contributed by atoms with Crippen LogP contribution in [0.3, 0.4) is 0 Å². The molecule has 166 valence electrons. The summed E-state index contributed by atoms with van der Waals surface area (Å²) >= 11 is 1.50. The molecule has 0 N–H and O–H groups in total. The molecule has 3 aromatic heterocycles. The number of fused-ring (bicyclic) bond motifs is 4. The molecule has 2 aliphatic rings. The van der Waals surface area contributed by atoms with Crippen molar-refractivity contribution in [2.75, 3.05) is 4.90 Å². The molecule has 7 rings (SSSR count). The largest absolute Gasteiger partial charge is 0.288 e. The number of allylic oxidation sites excluding steroid dienone is 1. The predicted molar refractivity (Wildman–Crippen MR) is 138 cm³/mol. The van der Waals surface area contributed by atoms with Gasteiger partial charge in [0.2, 0.25) is 0 Å². The molecule has 1 aliphatic carbocycles. The number of carbonyl (C=O) groups excluding carboxylic acids is 2. The molecule has 0 amide bonds. The molecule has 5 nitrogen and oxygen atoms in total. The van der Waals surface area contributed by atoms with E-state index >= 15 is 0 Å². The molecule has 0 bridgehead atoms. The monoisotopic (exact) mass is 471 g/mol. The average Bonchev–Trinajstić information content (AvgIpc) is 3.44. The van der Waals surface area contributed by atoms with E-state index in [1.165, 1.54) is 11.3 Å². The first-order valence-electron chi connectivity index (χ1n) is 11.3. The number of benzene rings is 2. The van der Waals surface area contributed by atoms with Crippen molar-refractivity contribution in [3.05, 3.63) is 118 Å². The lowest BCUT2D eigenvalue weighted by molar-refractivity contribution is 0.0990. The van der Waals surface area contributed by atoms with E-state index in [4.69, 9.17) is 0 Å². The quantitative estimate of drug-likeness (QED) is 0.212. The number of hydrogen-bond acceptors (Lipinski definition) is 6. The van der Waals surface area contributed by atoms with Crippen molar-refractivity contribution in [3.63, 3.8) is 0 Å². The molecule has 0 saturated heterocycles. The van der Waals surface area contributed by atoms with Crippen LogP contribution in [0.15, 0.2) is 90.8 Å². The molecule has 2 aromatic carbocycles. The van der Waals surface area contributed by atoms with Crippen molar-refractivity contribution in [3.8, 4) is 0 Å². The highest BCUT2D eigenvalue weighted by atomic mass is 32.1. The van der Waals surface area contributed by atoms with Crippen molar-refractivity contribution in [1.29, 1.82) is 0 Å². The van der Waals surface area contributed by atoms with Crippen LogP contribution in [-0.4, -0.2) is 21.5 Å². The van der Waals surface area contributed by atoms with Gasteiger partial charge in [0.15, 0.2) is 11.6 Å². The Morgan fingerprint density at radius 2 is 1.34 bits per heavy atom. The number of rotatable bonds is 2. The Kier molecular flexibility index (Phi) is 4.31. The minimum absolute atomic E-state index is 0.208. The molecule has 0 fully saturated rings. The maximum absolute atomic E-state index is 13.2. The highest BCUT2D eigenvalue weighted by Gasteiger charge is 2.34. The molecule has 1 aliphatic heterocycles.